The Kier molecular flexibility index (Phi) is 6.91. The van der Waals surface area contributed by atoms with Gasteiger partial charge in [0.2, 0.25) is 6.10 Å². The van der Waals surface area contributed by atoms with Gasteiger partial charge in [0.15, 0.2) is 23.0 Å². The van der Waals surface area contributed by atoms with Gasteiger partial charge in [-0.2, -0.15) is 5.10 Å². The van der Waals surface area contributed by atoms with Crippen molar-refractivity contribution < 1.29 is 23.7 Å². The van der Waals surface area contributed by atoms with Gasteiger partial charge in [-0.25, -0.2) is 5.43 Å². The summed E-state index contributed by atoms with van der Waals surface area (Å²) >= 11 is 3.52. The average Bonchev–Trinajstić information content (AvgIpc) is 2.83. The van der Waals surface area contributed by atoms with Gasteiger partial charge in [-0.1, -0.05) is 42.5 Å². The number of nitrogens with one attached hydrogen (secondary N) is 1. The Morgan fingerprint density at radius 2 is 1.91 bits per heavy atom. The highest BCUT2D eigenvalue weighted by Crippen LogP contribution is 2.37. The number of methoxy groups -OCH3 is 1. The van der Waals surface area contributed by atoms with E-state index in [4.69, 9.17) is 18.9 Å². The molecule has 0 bridgehead atoms. The van der Waals surface area contributed by atoms with E-state index < -0.39 is 12.0 Å². The van der Waals surface area contributed by atoms with Crippen LogP contribution < -0.4 is 24.4 Å². The fraction of sp³-hybridized carbons (Fsp3) is 0.167. The number of benzene rings is 3. The quantitative estimate of drug-likeness (QED) is 0.389. The molecule has 0 aliphatic carbocycles. The zero-order valence-corrected chi connectivity index (χ0v) is 18.9. The maximum absolute atomic E-state index is 12.4. The van der Waals surface area contributed by atoms with E-state index >= 15 is 0 Å². The minimum absolute atomic E-state index is 0.116. The molecule has 0 radical (unpaired) electrons. The number of rotatable bonds is 7. The lowest BCUT2D eigenvalue weighted by Gasteiger charge is -2.24. The molecule has 1 amide bonds. The van der Waals surface area contributed by atoms with Crippen LogP contribution in [0.3, 0.4) is 0 Å². The van der Waals surface area contributed by atoms with Crippen molar-refractivity contribution in [2.75, 3.05) is 13.7 Å². The van der Waals surface area contributed by atoms with Crippen LogP contribution >= 0.6 is 15.9 Å². The minimum Gasteiger partial charge on any atom is -0.493 e. The van der Waals surface area contributed by atoms with E-state index in [0.717, 1.165) is 5.56 Å². The lowest BCUT2D eigenvalue weighted by Crippen LogP contribution is -2.42. The van der Waals surface area contributed by atoms with Crippen LogP contribution in [-0.4, -0.2) is 31.9 Å². The van der Waals surface area contributed by atoms with Crippen LogP contribution in [0.25, 0.3) is 0 Å². The monoisotopic (exact) mass is 496 g/mol. The number of hydrogen-bond acceptors (Lipinski definition) is 6. The van der Waals surface area contributed by atoms with Crippen LogP contribution in [0.15, 0.2) is 76.3 Å². The number of fused-ring (bicyclic) bond motifs is 1. The smallest absolute Gasteiger partial charge is 0.284 e. The van der Waals surface area contributed by atoms with Gasteiger partial charge in [0.05, 0.1) is 17.8 Å². The van der Waals surface area contributed by atoms with Crippen molar-refractivity contribution in [3.05, 3.63) is 82.3 Å². The molecule has 1 atom stereocenters. The third-order valence-corrected chi connectivity index (χ3v) is 5.26. The van der Waals surface area contributed by atoms with E-state index in [9.17, 15) is 4.79 Å². The zero-order chi connectivity index (χ0) is 22.3. The van der Waals surface area contributed by atoms with E-state index in [0.29, 0.717) is 39.6 Å². The summed E-state index contributed by atoms with van der Waals surface area (Å²) in [4.78, 5) is 12.4. The molecule has 0 saturated carbocycles. The number of carbonyl (C=O) groups excluding carboxylic acids is 1. The summed E-state index contributed by atoms with van der Waals surface area (Å²) in [6.45, 7) is 0.525. The summed E-state index contributed by atoms with van der Waals surface area (Å²) in [6, 6.07) is 20.7. The third-order valence-electron chi connectivity index (χ3n) is 4.67. The zero-order valence-electron chi connectivity index (χ0n) is 17.3. The van der Waals surface area contributed by atoms with E-state index in [1.165, 1.54) is 6.21 Å². The molecule has 1 aliphatic rings. The molecule has 3 aromatic carbocycles. The molecule has 0 saturated heterocycles. The maximum atomic E-state index is 12.4. The van der Waals surface area contributed by atoms with Crippen molar-refractivity contribution in [2.24, 2.45) is 5.10 Å². The molecule has 1 unspecified atom stereocenters. The summed E-state index contributed by atoms with van der Waals surface area (Å²) in [7, 11) is 1.57. The largest absolute Gasteiger partial charge is 0.493 e. The number of ether oxygens (including phenoxy) is 4. The van der Waals surface area contributed by atoms with Gasteiger partial charge in [0.25, 0.3) is 5.91 Å². The molecule has 4 rings (SSSR count). The molecule has 8 heteroatoms. The van der Waals surface area contributed by atoms with Crippen molar-refractivity contribution in [1.82, 2.24) is 5.43 Å². The second kappa shape index (κ2) is 10.2. The van der Waals surface area contributed by atoms with Crippen LogP contribution in [0, 0.1) is 0 Å². The first-order chi connectivity index (χ1) is 15.6. The van der Waals surface area contributed by atoms with E-state index in [1.54, 1.807) is 25.3 Å². The van der Waals surface area contributed by atoms with Gasteiger partial charge in [-0.15, -0.1) is 0 Å². The first-order valence-corrected chi connectivity index (χ1v) is 10.7. The van der Waals surface area contributed by atoms with Gasteiger partial charge in [0, 0.05) is 0 Å². The van der Waals surface area contributed by atoms with E-state index in [2.05, 4.69) is 26.5 Å². The topological polar surface area (TPSA) is 78.4 Å². The standard InChI is InChI=1S/C24H21BrN2O5/c1-29-21-12-17(11-18(25)23(21)31-14-16-7-3-2-4-8-16)13-26-27-24(28)22-15-30-19-9-5-6-10-20(19)32-22/h2-13,22H,14-15H2,1H3,(H,27,28). The highest BCUT2D eigenvalue weighted by Gasteiger charge is 2.27. The molecule has 3 aromatic rings. The minimum atomic E-state index is -0.780. The van der Waals surface area contributed by atoms with Gasteiger partial charge < -0.3 is 18.9 Å². The molecule has 0 fully saturated rings. The lowest BCUT2D eigenvalue weighted by molar-refractivity contribution is -0.130. The van der Waals surface area contributed by atoms with Crippen LogP contribution in [0.1, 0.15) is 11.1 Å². The summed E-state index contributed by atoms with van der Waals surface area (Å²) in [6.07, 6.45) is 0.737. The van der Waals surface area contributed by atoms with Crippen molar-refractivity contribution in [1.29, 1.82) is 0 Å². The number of para-hydroxylation sites is 2. The molecule has 0 spiro atoms. The summed E-state index contributed by atoms with van der Waals surface area (Å²) in [5.41, 5.74) is 4.25. The molecule has 1 aliphatic heterocycles. The van der Waals surface area contributed by atoms with Crippen LogP contribution in [0.5, 0.6) is 23.0 Å². The number of carbonyl (C=O) groups is 1. The Morgan fingerprint density at radius 1 is 1.16 bits per heavy atom. The lowest BCUT2D eigenvalue weighted by atomic mass is 10.2. The highest BCUT2D eigenvalue weighted by atomic mass is 79.9. The average molecular weight is 497 g/mol. The molecule has 164 valence electrons. The van der Waals surface area contributed by atoms with Crippen LogP contribution in [0.2, 0.25) is 0 Å². The van der Waals surface area contributed by atoms with Crippen molar-refractivity contribution >= 4 is 28.1 Å². The molecule has 1 heterocycles. The first-order valence-electron chi connectivity index (χ1n) is 9.89. The Hall–Kier alpha value is -3.52. The molecule has 7 nitrogen and oxygen atoms in total. The maximum Gasteiger partial charge on any atom is 0.284 e. The fourth-order valence-electron chi connectivity index (χ4n) is 3.08. The van der Waals surface area contributed by atoms with Gasteiger partial charge in [-0.3, -0.25) is 4.79 Å². The van der Waals surface area contributed by atoms with E-state index in [-0.39, 0.29) is 6.61 Å². The second-order valence-corrected chi connectivity index (χ2v) is 7.76. The highest BCUT2D eigenvalue weighted by molar-refractivity contribution is 9.10. The van der Waals surface area contributed by atoms with Gasteiger partial charge in [0.1, 0.15) is 13.2 Å². The Labute approximate surface area is 194 Å². The SMILES string of the molecule is COc1cc(C=NNC(=O)C2COc3ccccc3O2)cc(Br)c1OCc1ccccc1. The van der Waals surface area contributed by atoms with Gasteiger partial charge in [-0.05, 0) is 51.3 Å². The van der Waals surface area contributed by atoms with Crippen LogP contribution in [-0.2, 0) is 11.4 Å². The molecular weight excluding hydrogens is 476 g/mol. The molecule has 0 aromatic heterocycles. The number of nitrogens with zero attached hydrogens (tertiary/aromatic N) is 1. The molecule has 1 N–H and O–H groups in total. The van der Waals surface area contributed by atoms with Crippen molar-refractivity contribution in [3.63, 3.8) is 0 Å². The first kappa shape index (κ1) is 21.7. The predicted molar refractivity (Wildman–Crippen MR) is 124 cm³/mol. The second-order valence-electron chi connectivity index (χ2n) is 6.91. The van der Waals surface area contributed by atoms with Crippen molar-refractivity contribution in [3.8, 4) is 23.0 Å². The third kappa shape index (κ3) is 5.20. The predicted octanol–water partition coefficient (Wildman–Crippen LogP) is 4.33. The normalized spacial score (nSPS) is 14.8. The fourth-order valence-corrected chi connectivity index (χ4v) is 3.65. The number of amides is 1. The number of hydrogen-bond donors (Lipinski definition) is 1. The molecule has 32 heavy (non-hydrogen) atoms. The van der Waals surface area contributed by atoms with Gasteiger partial charge >= 0.3 is 0 Å². The summed E-state index contributed by atoms with van der Waals surface area (Å²) in [5.74, 6) is 1.88. The van der Waals surface area contributed by atoms with E-state index in [1.807, 2.05) is 48.5 Å². The number of halogens is 1. The summed E-state index contributed by atoms with van der Waals surface area (Å²) < 4.78 is 23.4. The summed E-state index contributed by atoms with van der Waals surface area (Å²) in [5, 5.41) is 4.04. The van der Waals surface area contributed by atoms with Crippen LogP contribution in [0.4, 0.5) is 0 Å². The number of hydrazone groups is 1. The Morgan fingerprint density at radius 3 is 2.69 bits per heavy atom. The Balaban J connectivity index is 1.38. The Bertz CT molecular complexity index is 1120. The molecular formula is C24H21BrN2O5. The van der Waals surface area contributed by atoms with Crippen molar-refractivity contribution in [2.45, 2.75) is 12.7 Å².